The highest BCUT2D eigenvalue weighted by atomic mass is 32.3. The Morgan fingerprint density at radius 3 is 2.40 bits per heavy atom. The molecule has 1 N–H and O–H groups in total. The third-order valence-corrected chi connectivity index (χ3v) is 4.71. The van der Waals surface area contributed by atoms with E-state index in [4.69, 9.17) is 5.26 Å². The lowest BCUT2D eigenvalue weighted by molar-refractivity contribution is 0.551. The van der Waals surface area contributed by atoms with Crippen molar-refractivity contribution in [2.75, 3.05) is 0 Å². The normalized spacial score (nSPS) is 13.7. The van der Waals surface area contributed by atoms with Gasteiger partial charge in [-0.2, -0.15) is 18.4 Å². The zero-order valence-electron chi connectivity index (χ0n) is 10.6. The van der Waals surface area contributed by atoms with Gasteiger partial charge >= 0.3 is 10.2 Å². The number of benzene rings is 1. The van der Waals surface area contributed by atoms with Gasteiger partial charge in [0.15, 0.2) is 0 Å². The molecule has 9 heteroatoms. The number of hydrogen-bond donors (Lipinski definition) is 1. The van der Waals surface area contributed by atoms with Crippen LogP contribution in [0.3, 0.4) is 0 Å². The first-order valence-electron chi connectivity index (χ1n) is 5.67. The standard InChI is InChI=1S/C11H13FN2O4S2/c1-2-4-9(8-13)14-20(17,18)11-6-3-5-10(7-11)19(12,15)16/h3,5-7,9,14H,2,4H2,1H3. The predicted octanol–water partition coefficient (Wildman–Crippen LogP) is 1.32. The van der Waals surface area contributed by atoms with Crippen molar-refractivity contribution in [2.45, 2.75) is 35.6 Å². The van der Waals surface area contributed by atoms with Gasteiger partial charge in [0, 0.05) is 0 Å². The lowest BCUT2D eigenvalue weighted by atomic mass is 10.2. The largest absolute Gasteiger partial charge is 0.332 e. The van der Waals surface area contributed by atoms with E-state index in [1.807, 2.05) is 0 Å². The minimum atomic E-state index is -4.99. The Balaban J connectivity index is 3.14. The van der Waals surface area contributed by atoms with Crippen LogP contribution in [-0.2, 0) is 20.2 Å². The van der Waals surface area contributed by atoms with Crippen molar-refractivity contribution in [1.29, 1.82) is 5.26 Å². The predicted molar refractivity (Wildman–Crippen MR) is 69.4 cm³/mol. The Labute approximate surface area is 117 Å². The van der Waals surface area contributed by atoms with E-state index in [1.54, 1.807) is 13.0 Å². The number of nitriles is 1. The van der Waals surface area contributed by atoms with Crippen LogP contribution >= 0.6 is 0 Å². The summed E-state index contributed by atoms with van der Waals surface area (Å²) < 4.78 is 60.4. The van der Waals surface area contributed by atoms with E-state index in [-0.39, 0.29) is 0 Å². The van der Waals surface area contributed by atoms with Crippen molar-refractivity contribution >= 4 is 20.2 Å². The Kier molecular flexibility index (Phi) is 5.21. The Morgan fingerprint density at radius 2 is 1.90 bits per heavy atom. The molecule has 0 saturated carbocycles. The molecule has 0 amide bonds. The molecule has 0 aliphatic rings. The molecule has 0 saturated heterocycles. The van der Waals surface area contributed by atoms with E-state index in [1.165, 1.54) is 0 Å². The van der Waals surface area contributed by atoms with Gasteiger partial charge in [-0.05, 0) is 24.6 Å². The fraction of sp³-hybridized carbons (Fsp3) is 0.364. The molecule has 0 radical (unpaired) electrons. The first-order chi connectivity index (χ1) is 9.20. The van der Waals surface area contributed by atoms with E-state index in [9.17, 15) is 20.7 Å². The van der Waals surface area contributed by atoms with Gasteiger partial charge in [0.05, 0.1) is 15.9 Å². The van der Waals surface area contributed by atoms with Crippen LogP contribution in [0.4, 0.5) is 3.89 Å². The summed E-state index contributed by atoms with van der Waals surface area (Å²) in [6.45, 7) is 1.79. The minimum absolute atomic E-state index is 0.316. The molecule has 1 unspecified atom stereocenters. The van der Waals surface area contributed by atoms with Crippen molar-refractivity contribution in [1.82, 2.24) is 4.72 Å². The average Bonchev–Trinajstić information content (AvgIpc) is 2.37. The molecule has 0 heterocycles. The van der Waals surface area contributed by atoms with Crippen LogP contribution in [-0.4, -0.2) is 22.9 Å². The van der Waals surface area contributed by atoms with Gasteiger partial charge in [-0.15, -0.1) is 3.89 Å². The summed E-state index contributed by atoms with van der Waals surface area (Å²) in [5.74, 6) is 0. The van der Waals surface area contributed by atoms with E-state index < -0.39 is 36.1 Å². The molecule has 1 aromatic rings. The number of sulfonamides is 1. The minimum Gasteiger partial charge on any atom is -0.207 e. The third kappa shape index (κ3) is 4.26. The summed E-state index contributed by atoms with van der Waals surface area (Å²) in [5, 5.41) is 8.82. The number of rotatable bonds is 6. The zero-order chi connectivity index (χ0) is 15.4. The van der Waals surface area contributed by atoms with Crippen LogP contribution < -0.4 is 4.72 Å². The Bertz CT molecular complexity index is 723. The fourth-order valence-corrected chi connectivity index (χ4v) is 3.29. The molecular weight excluding hydrogens is 307 g/mol. The van der Waals surface area contributed by atoms with Crippen LogP contribution in [0.2, 0.25) is 0 Å². The molecule has 0 aromatic heterocycles. The fourth-order valence-electron chi connectivity index (χ4n) is 1.49. The number of nitrogens with one attached hydrogen (secondary N) is 1. The van der Waals surface area contributed by atoms with Crippen LogP contribution in [0.5, 0.6) is 0 Å². The SMILES string of the molecule is CCCC(C#N)NS(=O)(=O)c1cccc(S(=O)(=O)F)c1. The lowest BCUT2D eigenvalue weighted by Crippen LogP contribution is -2.33. The van der Waals surface area contributed by atoms with Crippen molar-refractivity contribution < 1.29 is 20.7 Å². The molecule has 1 rings (SSSR count). The van der Waals surface area contributed by atoms with Crippen LogP contribution in [0, 0.1) is 11.3 Å². The van der Waals surface area contributed by atoms with Gasteiger partial charge in [0.1, 0.15) is 6.04 Å². The zero-order valence-corrected chi connectivity index (χ0v) is 12.2. The maximum atomic E-state index is 12.8. The summed E-state index contributed by atoms with van der Waals surface area (Å²) in [4.78, 5) is -1.16. The van der Waals surface area contributed by atoms with Crippen LogP contribution in [0.1, 0.15) is 19.8 Å². The van der Waals surface area contributed by atoms with Crippen LogP contribution in [0.25, 0.3) is 0 Å². The molecule has 0 fully saturated rings. The molecule has 1 atom stereocenters. The summed E-state index contributed by atoms with van der Waals surface area (Å²) in [6, 6.07) is 4.76. The smallest absolute Gasteiger partial charge is 0.207 e. The number of halogens is 1. The van der Waals surface area contributed by atoms with Gasteiger partial charge in [-0.1, -0.05) is 19.4 Å². The molecule has 0 aliphatic heterocycles. The maximum Gasteiger partial charge on any atom is 0.332 e. The highest BCUT2D eigenvalue weighted by Crippen LogP contribution is 2.18. The Hall–Kier alpha value is -1.50. The second kappa shape index (κ2) is 6.30. The van der Waals surface area contributed by atoms with Crippen molar-refractivity contribution in [3.63, 3.8) is 0 Å². The molecule has 0 spiro atoms. The maximum absolute atomic E-state index is 12.8. The molecule has 0 bridgehead atoms. The van der Waals surface area contributed by atoms with Gasteiger partial charge in [-0.3, -0.25) is 0 Å². The van der Waals surface area contributed by atoms with E-state index in [2.05, 4.69) is 4.72 Å². The van der Waals surface area contributed by atoms with Crippen molar-refractivity contribution in [3.05, 3.63) is 24.3 Å². The van der Waals surface area contributed by atoms with Crippen molar-refractivity contribution in [2.24, 2.45) is 0 Å². The third-order valence-electron chi connectivity index (χ3n) is 2.43. The summed E-state index contributed by atoms with van der Waals surface area (Å²) in [6.07, 6.45) is 0.913. The summed E-state index contributed by atoms with van der Waals surface area (Å²) >= 11 is 0. The summed E-state index contributed by atoms with van der Waals surface area (Å²) in [5.41, 5.74) is 0. The molecule has 20 heavy (non-hydrogen) atoms. The quantitative estimate of drug-likeness (QED) is 0.796. The molecular formula is C11H13FN2O4S2. The topological polar surface area (TPSA) is 104 Å². The van der Waals surface area contributed by atoms with Gasteiger partial charge in [0.25, 0.3) is 0 Å². The Morgan fingerprint density at radius 1 is 1.30 bits per heavy atom. The van der Waals surface area contributed by atoms with Gasteiger partial charge in [0.2, 0.25) is 10.0 Å². The van der Waals surface area contributed by atoms with E-state index in [0.717, 1.165) is 18.2 Å². The lowest BCUT2D eigenvalue weighted by Gasteiger charge is -2.11. The average molecular weight is 320 g/mol. The molecule has 6 nitrogen and oxygen atoms in total. The number of nitrogens with zero attached hydrogens (tertiary/aromatic N) is 1. The molecule has 0 aliphatic carbocycles. The van der Waals surface area contributed by atoms with E-state index >= 15 is 0 Å². The first-order valence-corrected chi connectivity index (χ1v) is 8.54. The number of hydrogen-bond acceptors (Lipinski definition) is 5. The second-order valence-corrected chi connectivity index (χ2v) is 7.07. The first kappa shape index (κ1) is 16.6. The molecule has 110 valence electrons. The highest BCUT2D eigenvalue weighted by Gasteiger charge is 2.21. The van der Waals surface area contributed by atoms with Gasteiger partial charge < -0.3 is 0 Å². The van der Waals surface area contributed by atoms with E-state index in [0.29, 0.717) is 18.9 Å². The molecule has 1 aromatic carbocycles. The van der Waals surface area contributed by atoms with Gasteiger partial charge in [-0.25, -0.2) is 8.42 Å². The van der Waals surface area contributed by atoms with Crippen LogP contribution in [0.15, 0.2) is 34.1 Å². The highest BCUT2D eigenvalue weighted by molar-refractivity contribution is 7.89. The monoisotopic (exact) mass is 320 g/mol. The summed E-state index contributed by atoms with van der Waals surface area (Å²) in [7, 11) is -9.07. The van der Waals surface area contributed by atoms with Crippen molar-refractivity contribution in [3.8, 4) is 6.07 Å². The second-order valence-electron chi connectivity index (χ2n) is 4.00.